The maximum Gasteiger partial charge on any atom is 0.262 e. The lowest BCUT2D eigenvalue weighted by Gasteiger charge is -2.60. The van der Waals surface area contributed by atoms with Crippen LogP contribution in [0.1, 0.15) is 13.8 Å². The van der Waals surface area contributed by atoms with Crippen LogP contribution in [0.4, 0.5) is 57.0 Å². The van der Waals surface area contributed by atoms with Gasteiger partial charge in [-0.15, -0.1) is 0 Å². The van der Waals surface area contributed by atoms with Gasteiger partial charge >= 0.3 is 0 Å². The van der Waals surface area contributed by atoms with Crippen LogP contribution in [0.2, 0.25) is 11.6 Å². The van der Waals surface area contributed by atoms with Crippen molar-refractivity contribution in [2.24, 2.45) is 0 Å². The molecule has 10 aromatic rings. The number of rotatable bonds is 10. The van der Waals surface area contributed by atoms with Gasteiger partial charge in [0, 0.05) is 92.6 Å². The molecule has 0 amide bonds. The minimum atomic E-state index is -0.755. The van der Waals surface area contributed by atoms with Crippen molar-refractivity contribution in [2.75, 3.05) is 19.6 Å². The smallest absolute Gasteiger partial charge is 0.262 e. The fourth-order valence-corrected chi connectivity index (χ4v) is 14.0. The number of hydrogen-bond acceptors (Lipinski definition) is 8. The van der Waals surface area contributed by atoms with Crippen LogP contribution in [0.5, 0.6) is 23.1 Å². The summed E-state index contributed by atoms with van der Waals surface area (Å²) in [5, 5.41) is 0. The molecule has 394 valence electrons. The summed E-state index contributed by atoms with van der Waals surface area (Å²) in [6, 6.07) is 87.4. The molecule has 0 bridgehead atoms. The van der Waals surface area contributed by atoms with Gasteiger partial charge in [0.25, 0.3) is 6.71 Å². The first-order valence-electron chi connectivity index (χ1n) is 28.5. The van der Waals surface area contributed by atoms with Gasteiger partial charge in [0.15, 0.2) is 0 Å². The number of ether oxygens (including phenoxy) is 3. The highest BCUT2D eigenvalue weighted by Crippen LogP contribution is 2.60. The number of aromatic nitrogens is 1. The van der Waals surface area contributed by atoms with Crippen LogP contribution >= 0.6 is 0 Å². The Bertz CT molecular complexity index is 4230. The topological polar surface area (TPSA) is 53.5 Å². The Hall–Kier alpha value is -10.4. The van der Waals surface area contributed by atoms with Crippen molar-refractivity contribution in [3.05, 3.63) is 296 Å². The van der Waals surface area contributed by atoms with Gasteiger partial charge in [0.2, 0.25) is 12.6 Å². The van der Waals surface area contributed by atoms with Gasteiger partial charge < -0.3 is 33.8 Å². The zero-order valence-corrected chi connectivity index (χ0v) is 45.8. The second-order valence-corrected chi connectivity index (χ2v) is 22.5. The Kier molecular flexibility index (Phi) is 11.2. The molecule has 5 heterocycles. The van der Waals surface area contributed by atoms with Crippen molar-refractivity contribution in [3.8, 4) is 23.1 Å². The molecule has 16 rings (SSSR count). The third-order valence-electron chi connectivity index (χ3n) is 17.5. The number of benzene rings is 9. The van der Waals surface area contributed by atoms with Gasteiger partial charge in [-0.05, 0) is 139 Å². The van der Waals surface area contributed by atoms with Crippen LogP contribution < -0.4 is 50.9 Å². The van der Waals surface area contributed by atoms with E-state index in [0.29, 0.717) is 11.6 Å². The lowest BCUT2D eigenvalue weighted by molar-refractivity contribution is 0.0397. The largest absolute Gasteiger partial charge is 0.487 e. The fraction of sp³-hybridized carbons (Fsp3) is 0.0822. The van der Waals surface area contributed by atoms with Crippen molar-refractivity contribution in [2.45, 2.75) is 36.6 Å². The standard InChI is InChI=1S/C73H53B2N5O3/c1-72-49-59(79(54-34-18-7-19-35-54)55-36-20-8-21-37-55)47-66-69(72)75(67-40-24-25-43-73(67,2)83-66)61-48-62-71(76-70(61)80(72)56-38-22-9-23-39-56)82-65-46-58(78(52-30-14-5-15-31-52)53-32-16-6-17-33-53)45-64-68(65)74(62)60-42-41-57(44-63(60)81-64)77(50-26-10-3-11-27-50)51-28-12-4-13-29-51/h3-23,26-49,67,69H,1-2H3. The Morgan fingerprint density at radius 1 is 0.482 bits per heavy atom. The number of para-hydroxylation sites is 7. The van der Waals surface area contributed by atoms with Gasteiger partial charge in [-0.25, -0.2) is 0 Å². The summed E-state index contributed by atoms with van der Waals surface area (Å²) in [5.41, 5.74) is 19.4. The average molecular weight is 1070 g/mol. The van der Waals surface area contributed by atoms with Crippen LogP contribution in [-0.2, 0) is 4.74 Å². The first-order valence-corrected chi connectivity index (χ1v) is 28.5. The van der Waals surface area contributed by atoms with E-state index in [1.54, 1.807) is 0 Å². The quantitative estimate of drug-likeness (QED) is 0.0992. The number of allylic oxidation sites excluding steroid dienone is 1. The van der Waals surface area contributed by atoms with Crippen molar-refractivity contribution in [1.29, 1.82) is 0 Å². The van der Waals surface area contributed by atoms with E-state index in [0.717, 1.165) is 102 Å². The highest BCUT2D eigenvalue weighted by molar-refractivity contribution is 6.98. The van der Waals surface area contributed by atoms with Crippen LogP contribution in [0.15, 0.2) is 296 Å². The van der Waals surface area contributed by atoms with E-state index in [9.17, 15) is 0 Å². The van der Waals surface area contributed by atoms with E-state index < -0.39 is 11.1 Å². The molecule has 0 radical (unpaired) electrons. The number of fused-ring (bicyclic) bond motifs is 8. The molecule has 9 aromatic carbocycles. The maximum atomic E-state index is 7.50. The van der Waals surface area contributed by atoms with Crippen molar-refractivity contribution >= 4 is 92.3 Å². The summed E-state index contributed by atoms with van der Waals surface area (Å²) in [7, 11) is 0. The van der Waals surface area contributed by atoms with Gasteiger partial charge in [-0.2, -0.15) is 4.98 Å². The summed E-state index contributed by atoms with van der Waals surface area (Å²) in [6.07, 6.45) is 9.00. The summed E-state index contributed by atoms with van der Waals surface area (Å²) in [4.78, 5) is 15.3. The maximum absolute atomic E-state index is 7.50. The van der Waals surface area contributed by atoms with Crippen molar-refractivity contribution in [1.82, 2.24) is 4.98 Å². The van der Waals surface area contributed by atoms with Crippen LogP contribution in [0.25, 0.3) is 0 Å². The average Bonchev–Trinajstić information content (AvgIpc) is 1.02. The predicted octanol–water partition coefficient (Wildman–Crippen LogP) is 15.4. The molecule has 6 aliphatic rings. The minimum Gasteiger partial charge on any atom is -0.487 e. The highest BCUT2D eigenvalue weighted by Gasteiger charge is 2.64. The van der Waals surface area contributed by atoms with Crippen molar-refractivity contribution < 1.29 is 14.2 Å². The second-order valence-electron chi connectivity index (χ2n) is 22.5. The molecule has 1 aromatic heterocycles. The summed E-state index contributed by atoms with van der Waals surface area (Å²) in [6.45, 7) is 4.13. The molecule has 4 unspecified atom stereocenters. The molecule has 1 fully saturated rings. The Morgan fingerprint density at radius 2 is 0.976 bits per heavy atom. The van der Waals surface area contributed by atoms with E-state index in [1.165, 1.54) is 0 Å². The Balaban J connectivity index is 0.943. The molecule has 0 saturated carbocycles. The van der Waals surface area contributed by atoms with Crippen LogP contribution in [-0.4, -0.2) is 29.5 Å². The van der Waals surface area contributed by atoms with Gasteiger partial charge in [0.05, 0.1) is 17.0 Å². The first-order chi connectivity index (χ1) is 40.9. The van der Waals surface area contributed by atoms with Gasteiger partial charge in [-0.3, -0.25) is 0 Å². The lowest BCUT2D eigenvalue weighted by atomic mass is 9.22. The molecule has 4 atom stereocenters. The molecule has 10 heteroatoms. The fourth-order valence-electron chi connectivity index (χ4n) is 14.0. The van der Waals surface area contributed by atoms with E-state index in [-0.39, 0.29) is 25.1 Å². The SMILES string of the molecule is CC12C=C=C=CC1B1c3cc4c(nc3N(c3ccccc3)C3(C)C=C(N(c5ccccc5)c5ccccc5)C=C(O2)C13)Oc1cc(N(c2ccccc2)c2ccccc2)cc2c1B4c1ccc(N(c3ccccc3)c3ccccc3)cc1O2. The molecular formula is C73H53B2N5O3. The van der Waals surface area contributed by atoms with Gasteiger partial charge in [-0.1, -0.05) is 151 Å². The lowest BCUT2D eigenvalue weighted by Crippen LogP contribution is -2.68. The number of anilines is 10. The number of nitrogens with zero attached hydrogens (tertiary/aromatic N) is 5. The second kappa shape index (κ2) is 19.1. The first kappa shape index (κ1) is 48.5. The molecule has 0 spiro atoms. The summed E-state index contributed by atoms with van der Waals surface area (Å²) < 4.78 is 22.3. The number of pyridine rings is 1. The van der Waals surface area contributed by atoms with Gasteiger partial charge in [0.1, 0.15) is 28.7 Å². The van der Waals surface area contributed by atoms with E-state index in [1.807, 2.05) is 0 Å². The molecule has 2 aliphatic carbocycles. The number of hydrogen-bond donors (Lipinski definition) is 0. The van der Waals surface area contributed by atoms with Crippen LogP contribution in [0, 0.1) is 0 Å². The minimum absolute atomic E-state index is 0.121. The molecule has 0 N–H and O–H groups in total. The third-order valence-corrected chi connectivity index (χ3v) is 17.5. The normalized spacial score (nSPS) is 19.6. The van der Waals surface area contributed by atoms with E-state index in [4.69, 9.17) is 19.2 Å². The monoisotopic (exact) mass is 1070 g/mol. The Morgan fingerprint density at radius 3 is 1.53 bits per heavy atom. The molecule has 8 nitrogen and oxygen atoms in total. The zero-order valence-electron chi connectivity index (χ0n) is 45.8. The molecular weight excluding hydrogens is 1020 g/mol. The van der Waals surface area contributed by atoms with Crippen LogP contribution in [0.3, 0.4) is 0 Å². The van der Waals surface area contributed by atoms with E-state index >= 15 is 0 Å². The summed E-state index contributed by atoms with van der Waals surface area (Å²) in [5.74, 6) is 4.16. The zero-order chi connectivity index (χ0) is 55.2. The highest BCUT2D eigenvalue weighted by atomic mass is 16.5. The van der Waals surface area contributed by atoms with Crippen molar-refractivity contribution in [3.63, 3.8) is 0 Å². The molecule has 1 saturated heterocycles. The summed E-state index contributed by atoms with van der Waals surface area (Å²) >= 11 is 0. The van der Waals surface area contributed by atoms with E-state index in [2.05, 4.69) is 318 Å². The Labute approximate surface area is 484 Å². The predicted molar refractivity (Wildman–Crippen MR) is 338 cm³/mol. The molecule has 83 heavy (non-hydrogen) atoms. The third kappa shape index (κ3) is 7.83. The molecule has 4 aliphatic heterocycles.